The summed E-state index contributed by atoms with van der Waals surface area (Å²) in [6.45, 7) is 0.283. The third-order valence-corrected chi connectivity index (χ3v) is 3.66. The monoisotopic (exact) mass is 274 g/mol. The van der Waals surface area contributed by atoms with E-state index in [0.29, 0.717) is 6.42 Å². The average molecular weight is 274 g/mol. The van der Waals surface area contributed by atoms with E-state index in [2.05, 4.69) is 10.3 Å². The number of nitrogens with zero attached hydrogens (tertiary/aromatic N) is 3. The van der Waals surface area contributed by atoms with Crippen molar-refractivity contribution in [3.63, 3.8) is 0 Å². The van der Waals surface area contributed by atoms with Crippen molar-refractivity contribution in [1.82, 2.24) is 14.9 Å². The van der Waals surface area contributed by atoms with Crippen LogP contribution in [0.5, 0.6) is 0 Å². The van der Waals surface area contributed by atoms with Gasteiger partial charge in [0.25, 0.3) is 0 Å². The van der Waals surface area contributed by atoms with Crippen molar-refractivity contribution in [2.45, 2.75) is 19.0 Å². The minimum atomic E-state index is -0.713. The summed E-state index contributed by atoms with van der Waals surface area (Å²) in [5, 5.41) is 13.3. The molecule has 3 rings (SSSR count). The maximum atomic E-state index is 11.8. The molecule has 2 aromatic rings. The fraction of sp³-hybridized carbons (Fsp3) is 0.385. The molecular formula is C13H14N4O3. The van der Waals surface area contributed by atoms with Crippen LogP contribution in [0.3, 0.4) is 0 Å². The number of imidazole rings is 1. The summed E-state index contributed by atoms with van der Waals surface area (Å²) >= 11 is 0. The molecule has 1 amide bonds. The van der Waals surface area contributed by atoms with E-state index in [4.69, 9.17) is 0 Å². The highest BCUT2D eigenvalue weighted by atomic mass is 16.6. The molecule has 1 aromatic heterocycles. The van der Waals surface area contributed by atoms with Gasteiger partial charge in [-0.1, -0.05) is 12.1 Å². The number of nitro groups is 1. The lowest BCUT2D eigenvalue weighted by atomic mass is 10.3. The number of hydrogen-bond acceptors (Lipinski definition) is 4. The molecule has 1 N–H and O–H groups in total. The SMILES string of the molecule is Cn1c(CNC(=O)[C@H]2C[C@H]2[N+](=O)[O-])nc2ccccc21. The van der Waals surface area contributed by atoms with Gasteiger partial charge in [-0.3, -0.25) is 14.9 Å². The summed E-state index contributed by atoms with van der Waals surface area (Å²) in [6, 6.07) is 6.99. The number of nitrogens with one attached hydrogen (secondary N) is 1. The van der Waals surface area contributed by atoms with Gasteiger partial charge in [-0.05, 0) is 12.1 Å². The number of rotatable bonds is 4. The van der Waals surface area contributed by atoms with E-state index in [1.807, 2.05) is 35.9 Å². The van der Waals surface area contributed by atoms with Crippen LogP contribution >= 0.6 is 0 Å². The van der Waals surface area contributed by atoms with Gasteiger partial charge in [0.2, 0.25) is 11.9 Å². The van der Waals surface area contributed by atoms with Crippen molar-refractivity contribution >= 4 is 16.9 Å². The van der Waals surface area contributed by atoms with Crippen molar-refractivity contribution in [1.29, 1.82) is 0 Å². The van der Waals surface area contributed by atoms with Crippen LogP contribution in [0.1, 0.15) is 12.2 Å². The Balaban J connectivity index is 1.67. The van der Waals surface area contributed by atoms with Crippen LogP contribution in [0.4, 0.5) is 0 Å². The maximum absolute atomic E-state index is 11.8. The number of hydrogen-bond donors (Lipinski definition) is 1. The van der Waals surface area contributed by atoms with Crippen LogP contribution in [-0.4, -0.2) is 26.4 Å². The number of fused-ring (bicyclic) bond motifs is 1. The summed E-state index contributed by atoms with van der Waals surface area (Å²) in [5.41, 5.74) is 1.86. The van der Waals surface area contributed by atoms with E-state index in [9.17, 15) is 14.9 Å². The zero-order chi connectivity index (χ0) is 14.3. The Bertz CT molecular complexity index is 694. The number of aryl methyl sites for hydroxylation is 1. The lowest BCUT2D eigenvalue weighted by molar-refractivity contribution is -0.497. The topological polar surface area (TPSA) is 90.1 Å². The third-order valence-electron chi connectivity index (χ3n) is 3.66. The highest BCUT2D eigenvalue weighted by Crippen LogP contribution is 2.33. The molecular weight excluding hydrogens is 260 g/mol. The largest absolute Gasteiger partial charge is 0.348 e. The molecule has 1 fully saturated rings. The second-order valence-corrected chi connectivity index (χ2v) is 4.99. The Morgan fingerprint density at radius 1 is 1.55 bits per heavy atom. The Morgan fingerprint density at radius 2 is 2.30 bits per heavy atom. The number of amides is 1. The second-order valence-electron chi connectivity index (χ2n) is 4.99. The number of aromatic nitrogens is 2. The zero-order valence-corrected chi connectivity index (χ0v) is 10.9. The van der Waals surface area contributed by atoms with Crippen molar-refractivity contribution in [3.8, 4) is 0 Å². The standard InChI is InChI=1S/C13H14N4O3/c1-16-10-5-3-2-4-9(10)15-12(16)7-14-13(18)8-6-11(8)17(19)20/h2-5,8,11H,6-7H2,1H3,(H,14,18)/t8-,11+/m0/s1. The first-order chi connectivity index (χ1) is 9.58. The molecule has 1 aliphatic carbocycles. The Hall–Kier alpha value is -2.44. The summed E-state index contributed by atoms with van der Waals surface area (Å²) in [4.78, 5) is 26.3. The quantitative estimate of drug-likeness (QED) is 0.661. The summed E-state index contributed by atoms with van der Waals surface area (Å²) < 4.78 is 1.91. The van der Waals surface area contributed by atoms with Gasteiger partial charge >= 0.3 is 0 Å². The number of para-hydroxylation sites is 2. The summed E-state index contributed by atoms with van der Waals surface area (Å²) in [5.74, 6) is -0.0173. The molecule has 2 atom stereocenters. The fourth-order valence-corrected chi connectivity index (χ4v) is 2.35. The molecule has 7 heteroatoms. The van der Waals surface area contributed by atoms with Crippen molar-refractivity contribution < 1.29 is 9.72 Å². The number of carbonyl (C=O) groups is 1. The molecule has 1 saturated carbocycles. The van der Waals surface area contributed by atoms with Gasteiger partial charge in [-0.25, -0.2) is 4.98 Å². The molecule has 1 aliphatic rings. The molecule has 0 unspecified atom stereocenters. The lowest BCUT2D eigenvalue weighted by Gasteiger charge is -2.04. The van der Waals surface area contributed by atoms with E-state index >= 15 is 0 Å². The van der Waals surface area contributed by atoms with Crippen molar-refractivity contribution in [2.24, 2.45) is 13.0 Å². The van der Waals surface area contributed by atoms with E-state index < -0.39 is 12.0 Å². The number of carbonyl (C=O) groups excluding carboxylic acids is 1. The van der Waals surface area contributed by atoms with Crippen LogP contribution in [0.15, 0.2) is 24.3 Å². The Kier molecular flexibility index (Phi) is 2.89. The van der Waals surface area contributed by atoms with Gasteiger partial charge in [0.05, 0.1) is 17.6 Å². The van der Waals surface area contributed by atoms with Gasteiger partial charge in [0, 0.05) is 18.4 Å². The fourth-order valence-electron chi connectivity index (χ4n) is 2.35. The Morgan fingerprint density at radius 3 is 2.95 bits per heavy atom. The van der Waals surface area contributed by atoms with Crippen LogP contribution in [0, 0.1) is 16.0 Å². The first-order valence-electron chi connectivity index (χ1n) is 6.39. The molecule has 0 aliphatic heterocycles. The Labute approximate surface area is 114 Å². The zero-order valence-electron chi connectivity index (χ0n) is 10.9. The summed E-state index contributed by atoms with van der Waals surface area (Å²) in [6.07, 6.45) is 0.335. The van der Waals surface area contributed by atoms with E-state index in [1.54, 1.807) is 0 Å². The highest BCUT2D eigenvalue weighted by molar-refractivity contribution is 5.82. The molecule has 20 heavy (non-hydrogen) atoms. The minimum Gasteiger partial charge on any atom is -0.348 e. The van der Waals surface area contributed by atoms with E-state index in [0.717, 1.165) is 16.9 Å². The van der Waals surface area contributed by atoms with Gasteiger partial charge in [-0.15, -0.1) is 0 Å². The smallest absolute Gasteiger partial charge is 0.230 e. The van der Waals surface area contributed by atoms with Crippen LogP contribution in [0.2, 0.25) is 0 Å². The molecule has 7 nitrogen and oxygen atoms in total. The predicted octanol–water partition coefficient (Wildman–Crippen LogP) is 0.855. The summed E-state index contributed by atoms with van der Waals surface area (Å²) in [7, 11) is 1.88. The highest BCUT2D eigenvalue weighted by Gasteiger charge is 2.53. The minimum absolute atomic E-state index is 0.265. The molecule has 0 saturated heterocycles. The van der Waals surface area contributed by atoms with Gasteiger partial charge in [0.15, 0.2) is 0 Å². The van der Waals surface area contributed by atoms with Crippen molar-refractivity contribution in [3.05, 3.63) is 40.2 Å². The third kappa shape index (κ3) is 2.11. The molecule has 0 bridgehead atoms. The first-order valence-corrected chi connectivity index (χ1v) is 6.39. The van der Waals surface area contributed by atoms with Gasteiger partial charge in [0.1, 0.15) is 11.7 Å². The van der Waals surface area contributed by atoms with Crippen LogP contribution in [0.25, 0.3) is 11.0 Å². The molecule has 1 aromatic carbocycles. The normalized spacial score (nSPS) is 20.9. The average Bonchev–Trinajstić information content (AvgIpc) is 3.18. The van der Waals surface area contributed by atoms with E-state index in [-0.39, 0.29) is 17.4 Å². The maximum Gasteiger partial charge on any atom is 0.230 e. The first kappa shape index (κ1) is 12.6. The predicted molar refractivity (Wildman–Crippen MR) is 71.5 cm³/mol. The molecule has 0 radical (unpaired) electrons. The molecule has 0 spiro atoms. The van der Waals surface area contributed by atoms with Crippen LogP contribution < -0.4 is 5.32 Å². The van der Waals surface area contributed by atoms with Gasteiger partial charge in [-0.2, -0.15) is 0 Å². The lowest BCUT2D eigenvalue weighted by Crippen LogP contribution is -2.27. The van der Waals surface area contributed by atoms with Crippen LogP contribution in [-0.2, 0) is 18.4 Å². The molecule has 104 valence electrons. The van der Waals surface area contributed by atoms with E-state index in [1.165, 1.54) is 0 Å². The molecule has 1 heterocycles. The van der Waals surface area contributed by atoms with Crippen molar-refractivity contribution in [2.75, 3.05) is 0 Å². The number of benzene rings is 1. The second kappa shape index (κ2) is 4.59. The van der Waals surface area contributed by atoms with Gasteiger partial charge < -0.3 is 9.88 Å².